The first kappa shape index (κ1) is 25.6. The van der Waals surface area contributed by atoms with Crippen molar-refractivity contribution < 1.29 is 13.5 Å². The predicted molar refractivity (Wildman–Crippen MR) is 150 cm³/mol. The van der Waals surface area contributed by atoms with Crippen LogP contribution in [0.4, 0.5) is 10.4 Å². The summed E-state index contributed by atoms with van der Waals surface area (Å²) in [5.41, 5.74) is 3.65. The molecule has 12 heteroatoms. The average Bonchev–Trinajstić information content (AvgIpc) is 3.72. The Labute approximate surface area is 226 Å². The van der Waals surface area contributed by atoms with Crippen molar-refractivity contribution in [1.82, 2.24) is 34.3 Å². The Kier molecular flexibility index (Phi) is 6.89. The van der Waals surface area contributed by atoms with Crippen LogP contribution in [-0.4, -0.2) is 68.7 Å². The van der Waals surface area contributed by atoms with Gasteiger partial charge in [-0.15, -0.1) is 0 Å². The number of oxazole rings is 1. The maximum Gasteiger partial charge on any atom is 0.299 e. The quantitative estimate of drug-likeness (QED) is 0.174. The molecule has 0 saturated carbocycles. The lowest BCUT2D eigenvalue weighted by Crippen LogP contribution is -2.26. The largest absolute Gasteiger partial charge is 0.404 e. The molecule has 1 aliphatic heterocycles. The van der Waals surface area contributed by atoms with Crippen LogP contribution in [0.5, 0.6) is 0 Å². The summed E-state index contributed by atoms with van der Waals surface area (Å²) >= 11 is 0. The molecule has 204 valence electrons. The maximum atomic E-state index is 14.4. The molecule has 0 radical (unpaired) electrons. The van der Waals surface area contributed by atoms with Gasteiger partial charge in [0, 0.05) is 63.2 Å². The monoisotopic (exact) mass is 548 g/mol. The Hall–Kier alpha value is -3.64. The van der Waals surface area contributed by atoms with Crippen LogP contribution >= 0.6 is 0 Å². The molecule has 39 heavy (non-hydrogen) atoms. The van der Waals surface area contributed by atoms with E-state index in [-0.39, 0.29) is 5.92 Å². The van der Waals surface area contributed by atoms with E-state index in [9.17, 15) is 4.39 Å². The Morgan fingerprint density at radius 2 is 2.10 bits per heavy atom. The molecule has 1 fully saturated rings. The van der Waals surface area contributed by atoms with Crippen LogP contribution in [0.25, 0.3) is 33.5 Å². The van der Waals surface area contributed by atoms with Gasteiger partial charge in [0.25, 0.3) is 6.01 Å². The molecule has 6 rings (SSSR count). The number of ether oxygens (including phenoxy) is 1. The number of pyridine rings is 1. The smallest absolute Gasteiger partial charge is 0.299 e. The number of fused-ring (bicyclic) bond motifs is 2. The molecule has 0 N–H and O–H groups in total. The molecule has 1 saturated heterocycles. The van der Waals surface area contributed by atoms with Crippen molar-refractivity contribution in [3.8, 4) is 11.3 Å². The van der Waals surface area contributed by atoms with Crippen molar-refractivity contribution in [3.05, 3.63) is 49.3 Å². The summed E-state index contributed by atoms with van der Waals surface area (Å²) in [4.78, 5) is 19.9. The fourth-order valence-electron chi connectivity index (χ4n) is 5.10. The Morgan fingerprint density at radius 3 is 2.92 bits per heavy atom. The number of hydrogen-bond acceptors (Lipinski definition) is 8. The van der Waals surface area contributed by atoms with Gasteiger partial charge in [-0.2, -0.15) is 10.1 Å². The van der Waals surface area contributed by atoms with E-state index in [4.69, 9.17) is 9.15 Å². The first-order valence-corrected chi connectivity index (χ1v) is 17.0. The average molecular weight is 549 g/mol. The summed E-state index contributed by atoms with van der Waals surface area (Å²) in [6, 6.07) is 6.96. The molecule has 5 aromatic heterocycles. The van der Waals surface area contributed by atoms with Crippen molar-refractivity contribution in [3.63, 3.8) is 0 Å². The molecule has 0 aromatic carbocycles. The van der Waals surface area contributed by atoms with Gasteiger partial charge in [0.1, 0.15) is 30.9 Å². The highest BCUT2D eigenvalue weighted by atomic mass is 28.3. The third-order valence-electron chi connectivity index (χ3n) is 7.35. The van der Waals surface area contributed by atoms with E-state index in [0.717, 1.165) is 53.4 Å². The number of rotatable bonds is 10. The summed E-state index contributed by atoms with van der Waals surface area (Å²) in [7, 11) is -1.14. The van der Waals surface area contributed by atoms with Crippen LogP contribution in [0.1, 0.15) is 12.5 Å². The van der Waals surface area contributed by atoms with Gasteiger partial charge in [0.2, 0.25) is 5.71 Å². The van der Waals surface area contributed by atoms with Crippen LogP contribution in [0.2, 0.25) is 25.7 Å². The van der Waals surface area contributed by atoms with Crippen molar-refractivity contribution >= 4 is 36.4 Å². The second kappa shape index (κ2) is 10.5. The van der Waals surface area contributed by atoms with E-state index in [0.29, 0.717) is 25.0 Å². The fraction of sp³-hybridized carbons (Fsp3) is 0.444. The zero-order chi connectivity index (χ0) is 27.0. The topological polar surface area (TPSA) is 99.9 Å². The summed E-state index contributed by atoms with van der Waals surface area (Å²) in [5.74, 6) is 0.0607. The van der Waals surface area contributed by atoms with Crippen LogP contribution in [0, 0.1) is 5.92 Å². The van der Waals surface area contributed by atoms with Crippen LogP contribution in [-0.2, 0) is 11.5 Å². The van der Waals surface area contributed by atoms with Gasteiger partial charge in [0.15, 0.2) is 0 Å². The minimum atomic E-state index is -1.14. The van der Waals surface area contributed by atoms with Gasteiger partial charge in [-0.25, -0.2) is 19.3 Å². The molecular formula is C27H33FN8O2Si. The van der Waals surface area contributed by atoms with E-state index in [1.165, 1.54) is 0 Å². The highest BCUT2D eigenvalue weighted by molar-refractivity contribution is 6.76. The van der Waals surface area contributed by atoms with Crippen LogP contribution in [0.3, 0.4) is 0 Å². The molecule has 1 aliphatic rings. The second-order valence-corrected chi connectivity index (χ2v) is 17.0. The molecule has 0 aliphatic carbocycles. The van der Waals surface area contributed by atoms with Gasteiger partial charge >= 0.3 is 0 Å². The Balaban J connectivity index is 1.17. The number of alkyl halides is 1. The van der Waals surface area contributed by atoms with Gasteiger partial charge in [-0.1, -0.05) is 19.6 Å². The van der Waals surface area contributed by atoms with E-state index >= 15 is 0 Å². The highest BCUT2D eigenvalue weighted by Gasteiger charge is 2.33. The summed E-state index contributed by atoms with van der Waals surface area (Å²) in [5, 5.41) is 5.48. The zero-order valence-electron chi connectivity index (χ0n) is 22.5. The van der Waals surface area contributed by atoms with E-state index < -0.39 is 20.8 Å². The maximum absolute atomic E-state index is 14.4. The van der Waals surface area contributed by atoms with Crippen molar-refractivity contribution in [2.75, 3.05) is 31.3 Å². The molecular weight excluding hydrogens is 515 g/mol. The number of anilines is 1. The number of aromatic nitrogens is 7. The lowest BCUT2D eigenvalue weighted by atomic mass is 10.0. The van der Waals surface area contributed by atoms with Crippen LogP contribution in [0.15, 0.2) is 53.7 Å². The van der Waals surface area contributed by atoms with Gasteiger partial charge in [0.05, 0.1) is 17.9 Å². The predicted octanol–water partition coefficient (Wildman–Crippen LogP) is 5.18. The Morgan fingerprint density at radius 1 is 1.21 bits per heavy atom. The molecule has 2 unspecified atom stereocenters. The van der Waals surface area contributed by atoms with Gasteiger partial charge in [-0.05, 0) is 30.7 Å². The lowest BCUT2D eigenvalue weighted by Gasteiger charge is -2.21. The number of nitrogens with zero attached hydrogens (tertiary/aromatic N) is 8. The molecule has 5 aromatic rings. The number of hydrogen-bond donors (Lipinski definition) is 0. The van der Waals surface area contributed by atoms with Gasteiger partial charge in [-0.3, -0.25) is 4.68 Å². The number of halogens is 1. The molecule has 0 amide bonds. The van der Waals surface area contributed by atoms with Crippen LogP contribution < -0.4 is 4.90 Å². The standard InChI is InChI=1S/C27H33FN8O2Si/c1-39(2,3)12-11-37-18-35-10-7-21-24(30-17-31-25(21)35)20-14-32-36(16-20)23(13-28)19-6-9-34(15-19)27-33-22-5-4-8-29-26(22)38-27/h4-5,7-8,10,14,16-17,19,23H,6,9,11-13,15,18H2,1-3H3. The minimum Gasteiger partial charge on any atom is -0.404 e. The zero-order valence-corrected chi connectivity index (χ0v) is 23.5. The first-order chi connectivity index (χ1) is 18.9. The third-order valence-corrected chi connectivity index (χ3v) is 9.05. The highest BCUT2D eigenvalue weighted by Crippen LogP contribution is 2.33. The molecule has 2 atom stereocenters. The van der Waals surface area contributed by atoms with E-state index in [1.807, 2.05) is 35.2 Å². The third kappa shape index (κ3) is 5.30. The Bertz CT molecular complexity index is 1540. The minimum absolute atomic E-state index is 0.0607. The van der Waals surface area contributed by atoms with E-state index in [2.05, 4.69) is 49.6 Å². The summed E-state index contributed by atoms with van der Waals surface area (Å²) in [6.07, 6.45) is 9.67. The molecule has 0 spiro atoms. The lowest BCUT2D eigenvalue weighted by molar-refractivity contribution is 0.0899. The normalized spacial score (nSPS) is 17.0. The summed E-state index contributed by atoms with van der Waals surface area (Å²) in [6.45, 7) is 9.07. The van der Waals surface area contributed by atoms with Crippen molar-refractivity contribution in [2.45, 2.75) is 44.9 Å². The summed E-state index contributed by atoms with van der Waals surface area (Å²) < 4.78 is 29.9. The molecule has 10 nitrogen and oxygen atoms in total. The SMILES string of the molecule is C[Si](C)(C)CCOCn1ccc2c(-c3cnn(C(CF)C4CCN(c5nc6cccnc6o5)C4)c3)ncnc21. The van der Waals surface area contributed by atoms with Crippen molar-refractivity contribution in [1.29, 1.82) is 0 Å². The van der Waals surface area contributed by atoms with E-state index in [1.54, 1.807) is 23.4 Å². The molecule has 6 heterocycles. The molecule has 0 bridgehead atoms. The fourth-order valence-corrected chi connectivity index (χ4v) is 5.86. The van der Waals surface area contributed by atoms with Gasteiger partial charge < -0.3 is 18.6 Å². The van der Waals surface area contributed by atoms with Crippen molar-refractivity contribution in [2.24, 2.45) is 5.92 Å². The first-order valence-electron chi connectivity index (χ1n) is 13.3. The second-order valence-electron chi connectivity index (χ2n) is 11.3.